The minimum Gasteiger partial charge on any atom is -0.349 e. The average molecular weight is 481 g/mol. The molecule has 10 heteroatoms. The van der Waals surface area contributed by atoms with Crippen molar-refractivity contribution >= 4 is 40.9 Å². The van der Waals surface area contributed by atoms with Crippen molar-refractivity contribution in [2.24, 2.45) is 0 Å². The molecule has 0 atom stereocenters. The summed E-state index contributed by atoms with van der Waals surface area (Å²) in [4.78, 5) is 30.5. The van der Waals surface area contributed by atoms with Gasteiger partial charge in [0.25, 0.3) is 11.8 Å². The number of rotatable bonds is 7. The summed E-state index contributed by atoms with van der Waals surface area (Å²) in [5.74, 6) is 0.144. The molecule has 1 fully saturated rings. The molecule has 0 saturated heterocycles. The van der Waals surface area contributed by atoms with Crippen LogP contribution in [0.2, 0.25) is 5.02 Å². The van der Waals surface area contributed by atoms with E-state index in [-0.39, 0.29) is 23.2 Å². The van der Waals surface area contributed by atoms with Gasteiger partial charge in [-0.3, -0.25) is 9.59 Å². The molecule has 0 aliphatic heterocycles. The van der Waals surface area contributed by atoms with E-state index in [0.29, 0.717) is 39.1 Å². The van der Waals surface area contributed by atoms with E-state index in [1.165, 1.54) is 10.7 Å². The Balaban J connectivity index is 1.74. The molecule has 0 radical (unpaired) electrons. The van der Waals surface area contributed by atoms with Gasteiger partial charge >= 0.3 is 0 Å². The maximum Gasteiger partial charge on any atom is 0.274 e. The van der Waals surface area contributed by atoms with Crippen molar-refractivity contribution in [2.45, 2.75) is 31.6 Å². The monoisotopic (exact) mass is 480 g/mol. The van der Waals surface area contributed by atoms with Gasteiger partial charge in [-0.1, -0.05) is 11.6 Å². The lowest BCUT2D eigenvalue weighted by Gasteiger charge is -2.15. The van der Waals surface area contributed by atoms with Crippen molar-refractivity contribution in [1.82, 2.24) is 20.1 Å². The third-order valence-corrected chi connectivity index (χ3v) is 5.96. The average Bonchev–Trinajstić information content (AvgIpc) is 3.51. The number of carbonyl (C=O) groups excluding carboxylic acids is 2. The van der Waals surface area contributed by atoms with Crippen LogP contribution < -0.4 is 10.6 Å². The second-order valence-electron chi connectivity index (χ2n) is 7.70. The number of halogens is 1. The van der Waals surface area contributed by atoms with Gasteiger partial charge in [0.05, 0.1) is 33.6 Å². The zero-order valence-corrected chi connectivity index (χ0v) is 19.6. The van der Waals surface area contributed by atoms with E-state index in [0.717, 1.165) is 12.8 Å². The Morgan fingerprint density at radius 1 is 1.30 bits per heavy atom. The van der Waals surface area contributed by atoms with Crippen molar-refractivity contribution in [2.75, 3.05) is 11.6 Å². The third-order valence-electron chi connectivity index (χ3n) is 5.08. The first-order valence-electron chi connectivity index (χ1n) is 10.3. The molecule has 168 valence electrons. The minimum absolute atomic E-state index is 0.133. The maximum atomic E-state index is 13.4. The molecule has 0 unspecified atom stereocenters. The van der Waals surface area contributed by atoms with Gasteiger partial charge in [-0.15, -0.1) is 0 Å². The minimum atomic E-state index is -0.468. The first-order valence-corrected chi connectivity index (χ1v) is 12.0. The molecule has 1 aliphatic carbocycles. The highest BCUT2D eigenvalue weighted by Gasteiger charge is 2.27. The van der Waals surface area contributed by atoms with Crippen LogP contribution in [0.15, 0.2) is 36.5 Å². The summed E-state index contributed by atoms with van der Waals surface area (Å²) in [5.41, 5.74) is 2.48. The normalized spacial score (nSPS) is 12.8. The number of pyridine rings is 1. The number of thioether (sulfide) groups is 1. The first-order chi connectivity index (χ1) is 15.9. The van der Waals surface area contributed by atoms with E-state index in [1.54, 1.807) is 49.1 Å². The largest absolute Gasteiger partial charge is 0.349 e. The number of aryl methyl sites for hydroxylation is 1. The Bertz CT molecular complexity index is 1280. The van der Waals surface area contributed by atoms with Crippen LogP contribution in [0.1, 0.15) is 50.5 Å². The molecule has 8 nitrogen and oxygen atoms in total. The Morgan fingerprint density at radius 3 is 2.76 bits per heavy atom. The number of aromatic nitrogens is 3. The molecule has 2 aromatic heterocycles. The lowest BCUT2D eigenvalue weighted by Crippen LogP contribution is -2.28. The van der Waals surface area contributed by atoms with Crippen LogP contribution in [0.3, 0.4) is 0 Å². The standard InChI is InChI=1S/C23H21ClN6O2S/c1-13-8-14(11-25)9-17(22(31)27-15-5-6-15)20(13)28-23(32)19-10-16(12-33-2)29-30(19)21-18(24)4-3-7-26-21/h3-4,7-10,15H,5-6,12H2,1-2H3,(H,27,31)(H,28,32). The molecule has 1 saturated carbocycles. The van der Waals surface area contributed by atoms with Crippen LogP contribution in [-0.4, -0.2) is 38.9 Å². The Morgan fingerprint density at radius 2 is 2.09 bits per heavy atom. The number of nitrogens with zero attached hydrogens (tertiary/aromatic N) is 4. The fraction of sp³-hybridized carbons (Fsp3) is 0.261. The maximum absolute atomic E-state index is 13.4. The number of hydrogen-bond acceptors (Lipinski definition) is 6. The Labute approximate surface area is 200 Å². The molecular weight excluding hydrogens is 460 g/mol. The molecule has 0 spiro atoms. The van der Waals surface area contributed by atoms with E-state index >= 15 is 0 Å². The van der Waals surface area contributed by atoms with Crippen LogP contribution >= 0.6 is 23.4 Å². The van der Waals surface area contributed by atoms with Gasteiger partial charge in [0.15, 0.2) is 5.82 Å². The Hall–Kier alpha value is -3.35. The number of carbonyl (C=O) groups is 2. The Kier molecular flexibility index (Phi) is 6.67. The molecule has 33 heavy (non-hydrogen) atoms. The molecule has 4 rings (SSSR count). The number of amides is 2. The van der Waals surface area contributed by atoms with E-state index in [1.807, 2.05) is 6.26 Å². The molecule has 2 amide bonds. The topological polar surface area (TPSA) is 113 Å². The summed E-state index contributed by atoms with van der Waals surface area (Å²) in [6, 6.07) is 10.4. The van der Waals surface area contributed by atoms with Gasteiger partial charge in [-0.25, -0.2) is 9.67 Å². The van der Waals surface area contributed by atoms with E-state index in [4.69, 9.17) is 11.6 Å². The van der Waals surface area contributed by atoms with Crippen LogP contribution in [0, 0.1) is 18.3 Å². The predicted octanol–water partition coefficient (Wildman–Crippen LogP) is 4.11. The van der Waals surface area contributed by atoms with Crippen molar-refractivity contribution in [3.63, 3.8) is 0 Å². The SMILES string of the molecule is CSCc1cc(C(=O)Nc2c(C)cc(C#N)cc2C(=O)NC2CC2)n(-c2ncccc2Cl)n1. The molecule has 3 aromatic rings. The number of hydrogen-bond donors (Lipinski definition) is 2. The first kappa shape index (κ1) is 22.8. The summed E-state index contributed by atoms with van der Waals surface area (Å²) in [5, 5.41) is 20.0. The number of nitriles is 1. The van der Waals surface area contributed by atoms with Crippen molar-refractivity contribution < 1.29 is 9.59 Å². The molecular formula is C23H21ClN6O2S. The van der Waals surface area contributed by atoms with Crippen LogP contribution in [-0.2, 0) is 5.75 Å². The van der Waals surface area contributed by atoms with Crippen LogP contribution in [0.5, 0.6) is 0 Å². The summed E-state index contributed by atoms with van der Waals surface area (Å²) in [7, 11) is 0. The summed E-state index contributed by atoms with van der Waals surface area (Å²) >= 11 is 7.89. The van der Waals surface area contributed by atoms with Crippen molar-refractivity contribution in [1.29, 1.82) is 5.26 Å². The van der Waals surface area contributed by atoms with Gasteiger partial charge in [0.1, 0.15) is 5.69 Å². The van der Waals surface area contributed by atoms with E-state index in [9.17, 15) is 14.9 Å². The molecule has 1 aliphatic rings. The summed E-state index contributed by atoms with van der Waals surface area (Å²) in [6.45, 7) is 1.75. The van der Waals surface area contributed by atoms with Crippen LogP contribution in [0.25, 0.3) is 5.82 Å². The van der Waals surface area contributed by atoms with Crippen molar-refractivity contribution in [3.8, 4) is 11.9 Å². The lowest BCUT2D eigenvalue weighted by molar-refractivity contribution is 0.0952. The lowest BCUT2D eigenvalue weighted by atomic mass is 10.0. The highest BCUT2D eigenvalue weighted by molar-refractivity contribution is 7.97. The summed E-state index contributed by atoms with van der Waals surface area (Å²) < 4.78 is 1.41. The second kappa shape index (κ2) is 9.65. The molecule has 0 bridgehead atoms. The van der Waals surface area contributed by atoms with Gasteiger partial charge in [0, 0.05) is 18.0 Å². The number of anilines is 1. The van der Waals surface area contributed by atoms with E-state index in [2.05, 4.69) is 26.8 Å². The summed E-state index contributed by atoms with van der Waals surface area (Å²) in [6.07, 6.45) is 5.36. The van der Waals surface area contributed by atoms with Gasteiger partial charge in [0.2, 0.25) is 0 Å². The predicted molar refractivity (Wildman–Crippen MR) is 128 cm³/mol. The second-order valence-corrected chi connectivity index (χ2v) is 8.98. The highest BCUT2D eigenvalue weighted by Crippen LogP contribution is 2.27. The highest BCUT2D eigenvalue weighted by atomic mass is 35.5. The van der Waals surface area contributed by atoms with Gasteiger partial charge in [-0.05, 0) is 61.9 Å². The van der Waals surface area contributed by atoms with Crippen molar-refractivity contribution in [3.05, 3.63) is 69.6 Å². The number of benzene rings is 1. The van der Waals surface area contributed by atoms with E-state index < -0.39 is 5.91 Å². The fourth-order valence-electron chi connectivity index (χ4n) is 3.37. The molecule has 1 aromatic carbocycles. The molecule has 2 heterocycles. The quantitative estimate of drug-likeness (QED) is 0.526. The van der Waals surface area contributed by atoms with Gasteiger partial charge in [-0.2, -0.15) is 22.1 Å². The number of nitrogens with one attached hydrogen (secondary N) is 2. The third kappa shape index (κ3) is 5.02. The molecule has 2 N–H and O–H groups in total. The van der Waals surface area contributed by atoms with Crippen LogP contribution in [0.4, 0.5) is 5.69 Å². The zero-order chi connectivity index (χ0) is 23.5. The smallest absolute Gasteiger partial charge is 0.274 e. The fourth-order valence-corrected chi connectivity index (χ4v) is 4.01. The van der Waals surface area contributed by atoms with Gasteiger partial charge < -0.3 is 10.6 Å². The zero-order valence-electron chi connectivity index (χ0n) is 18.1.